The van der Waals surface area contributed by atoms with Gasteiger partial charge in [-0.05, 0) is 12.5 Å². The first kappa shape index (κ1) is 11.1. The molecule has 0 fully saturated rings. The molecule has 1 rings (SSSR count). The fourth-order valence-electron chi connectivity index (χ4n) is 1.24. The van der Waals surface area contributed by atoms with Gasteiger partial charge in [0, 0.05) is 31.1 Å². The molecule has 0 spiro atoms. The van der Waals surface area contributed by atoms with Gasteiger partial charge in [-0.15, -0.1) is 0 Å². The van der Waals surface area contributed by atoms with Crippen LogP contribution in [0, 0.1) is 0 Å². The van der Waals surface area contributed by atoms with Crippen LogP contribution in [0.5, 0.6) is 0 Å². The summed E-state index contributed by atoms with van der Waals surface area (Å²) >= 11 is 0. The lowest BCUT2D eigenvalue weighted by Gasteiger charge is -2.15. The average molecular weight is 194 g/mol. The molecule has 1 heterocycles. The minimum Gasteiger partial charge on any atom is -0.372 e. The molecule has 0 aliphatic rings. The molecule has 0 aliphatic heterocycles. The first-order chi connectivity index (χ1) is 6.88. The quantitative estimate of drug-likeness (QED) is 0.703. The van der Waals surface area contributed by atoms with E-state index < -0.39 is 0 Å². The SMILES string of the molecule is CCCCOC(CN)c1cccnc1. The van der Waals surface area contributed by atoms with E-state index in [1.807, 2.05) is 18.3 Å². The van der Waals surface area contributed by atoms with Gasteiger partial charge in [0.1, 0.15) is 0 Å². The maximum absolute atomic E-state index is 5.65. The van der Waals surface area contributed by atoms with E-state index in [0.29, 0.717) is 6.54 Å². The molecule has 0 saturated carbocycles. The third-order valence-electron chi connectivity index (χ3n) is 2.09. The van der Waals surface area contributed by atoms with Crippen LogP contribution < -0.4 is 5.73 Å². The number of rotatable bonds is 6. The molecule has 0 amide bonds. The van der Waals surface area contributed by atoms with Gasteiger partial charge in [-0.2, -0.15) is 0 Å². The molecule has 3 heteroatoms. The number of aromatic nitrogens is 1. The van der Waals surface area contributed by atoms with E-state index in [1.165, 1.54) is 0 Å². The van der Waals surface area contributed by atoms with Crippen molar-refractivity contribution < 1.29 is 4.74 Å². The average Bonchev–Trinajstić information content (AvgIpc) is 2.26. The molecule has 0 radical (unpaired) electrons. The Morgan fingerprint density at radius 3 is 3.00 bits per heavy atom. The molecule has 78 valence electrons. The van der Waals surface area contributed by atoms with Crippen LogP contribution in [-0.2, 0) is 4.74 Å². The highest BCUT2D eigenvalue weighted by Gasteiger charge is 2.08. The van der Waals surface area contributed by atoms with E-state index in [-0.39, 0.29) is 6.10 Å². The Labute approximate surface area is 85.3 Å². The molecule has 0 saturated heterocycles. The molecular formula is C11H18N2O. The first-order valence-electron chi connectivity index (χ1n) is 5.10. The summed E-state index contributed by atoms with van der Waals surface area (Å²) < 4.78 is 5.65. The molecule has 3 nitrogen and oxygen atoms in total. The van der Waals surface area contributed by atoms with Crippen molar-refractivity contribution in [2.24, 2.45) is 5.73 Å². The zero-order valence-corrected chi connectivity index (χ0v) is 8.65. The fourth-order valence-corrected chi connectivity index (χ4v) is 1.24. The second-order valence-electron chi connectivity index (χ2n) is 3.24. The van der Waals surface area contributed by atoms with Gasteiger partial charge >= 0.3 is 0 Å². The predicted molar refractivity (Wildman–Crippen MR) is 56.9 cm³/mol. The van der Waals surface area contributed by atoms with Crippen LogP contribution in [0.3, 0.4) is 0 Å². The van der Waals surface area contributed by atoms with E-state index in [4.69, 9.17) is 10.5 Å². The number of nitrogens with zero attached hydrogens (tertiary/aromatic N) is 1. The lowest BCUT2D eigenvalue weighted by Crippen LogP contribution is -2.16. The molecule has 1 unspecified atom stereocenters. The highest BCUT2D eigenvalue weighted by Crippen LogP contribution is 2.14. The first-order valence-corrected chi connectivity index (χ1v) is 5.10. The second-order valence-corrected chi connectivity index (χ2v) is 3.24. The molecule has 0 aliphatic carbocycles. The number of hydrogen-bond donors (Lipinski definition) is 1. The third-order valence-corrected chi connectivity index (χ3v) is 2.09. The lowest BCUT2D eigenvalue weighted by molar-refractivity contribution is 0.0564. The summed E-state index contributed by atoms with van der Waals surface area (Å²) in [4.78, 5) is 4.05. The number of nitrogens with two attached hydrogens (primary N) is 1. The molecule has 1 aromatic heterocycles. The molecule has 0 aromatic carbocycles. The Morgan fingerprint density at radius 2 is 2.43 bits per heavy atom. The zero-order valence-electron chi connectivity index (χ0n) is 8.65. The van der Waals surface area contributed by atoms with Crippen molar-refractivity contribution in [3.63, 3.8) is 0 Å². The van der Waals surface area contributed by atoms with Gasteiger partial charge in [-0.1, -0.05) is 19.4 Å². The van der Waals surface area contributed by atoms with Crippen LogP contribution in [-0.4, -0.2) is 18.1 Å². The molecule has 2 N–H and O–H groups in total. The van der Waals surface area contributed by atoms with E-state index >= 15 is 0 Å². The Bertz CT molecular complexity index is 238. The van der Waals surface area contributed by atoms with Crippen LogP contribution >= 0.6 is 0 Å². The number of unbranched alkanes of at least 4 members (excludes halogenated alkanes) is 1. The van der Waals surface area contributed by atoms with Crippen molar-refractivity contribution in [2.45, 2.75) is 25.9 Å². The van der Waals surface area contributed by atoms with Crippen molar-refractivity contribution in [1.82, 2.24) is 4.98 Å². The van der Waals surface area contributed by atoms with Crippen molar-refractivity contribution in [2.75, 3.05) is 13.2 Å². The fraction of sp³-hybridized carbons (Fsp3) is 0.545. The van der Waals surface area contributed by atoms with E-state index in [0.717, 1.165) is 25.0 Å². The van der Waals surface area contributed by atoms with E-state index in [2.05, 4.69) is 11.9 Å². The molecule has 14 heavy (non-hydrogen) atoms. The smallest absolute Gasteiger partial charge is 0.0961 e. The summed E-state index contributed by atoms with van der Waals surface area (Å²) in [7, 11) is 0. The summed E-state index contributed by atoms with van der Waals surface area (Å²) in [5.74, 6) is 0. The van der Waals surface area contributed by atoms with Crippen LogP contribution in [0.2, 0.25) is 0 Å². The van der Waals surface area contributed by atoms with Gasteiger partial charge in [0.25, 0.3) is 0 Å². The minimum atomic E-state index is -0.00440. The maximum atomic E-state index is 5.65. The Balaban J connectivity index is 2.46. The van der Waals surface area contributed by atoms with Gasteiger partial charge in [0.05, 0.1) is 6.10 Å². The van der Waals surface area contributed by atoms with Crippen LogP contribution in [0.25, 0.3) is 0 Å². The van der Waals surface area contributed by atoms with Crippen LogP contribution in [0.1, 0.15) is 31.4 Å². The summed E-state index contributed by atoms with van der Waals surface area (Å²) in [6.07, 6.45) is 5.78. The maximum Gasteiger partial charge on any atom is 0.0961 e. The summed E-state index contributed by atoms with van der Waals surface area (Å²) in [6.45, 7) is 3.42. The van der Waals surface area contributed by atoms with Gasteiger partial charge in [-0.3, -0.25) is 4.98 Å². The summed E-state index contributed by atoms with van der Waals surface area (Å²) in [6, 6.07) is 3.90. The van der Waals surface area contributed by atoms with Crippen molar-refractivity contribution in [1.29, 1.82) is 0 Å². The molecule has 1 aromatic rings. The number of pyridine rings is 1. The Morgan fingerprint density at radius 1 is 1.57 bits per heavy atom. The number of ether oxygens (including phenoxy) is 1. The normalized spacial score (nSPS) is 12.7. The van der Waals surface area contributed by atoms with Crippen LogP contribution in [0.4, 0.5) is 0 Å². The topological polar surface area (TPSA) is 48.1 Å². The second kappa shape index (κ2) is 6.51. The van der Waals surface area contributed by atoms with Gasteiger partial charge in [-0.25, -0.2) is 0 Å². The molecular weight excluding hydrogens is 176 g/mol. The molecule has 1 atom stereocenters. The monoisotopic (exact) mass is 194 g/mol. The highest BCUT2D eigenvalue weighted by atomic mass is 16.5. The third kappa shape index (κ3) is 3.44. The number of hydrogen-bond acceptors (Lipinski definition) is 3. The predicted octanol–water partition coefficient (Wildman–Crippen LogP) is 1.90. The standard InChI is InChI=1S/C11H18N2O/c1-2-3-7-14-11(8-12)10-5-4-6-13-9-10/h4-6,9,11H,2-3,7-8,12H2,1H3. The van der Waals surface area contributed by atoms with Crippen molar-refractivity contribution in [3.05, 3.63) is 30.1 Å². The van der Waals surface area contributed by atoms with Gasteiger partial charge < -0.3 is 10.5 Å². The minimum absolute atomic E-state index is 0.00440. The molecule has 0 bridgehead atoms. The van der Waals surface area contributed by atoms with E-state index in [9.17, 15) is 0 Å². The van der Waals surface area contributed by atoms with Gasteiger partial charge in [0.15, 0.2) is 0 Å². The highest BCUT2D eigenvalue weighted by molar-refractivity contribution is 5.12. The lowest BCUT2D eigenvalue weighted by atomic mass is 10.1. The largest absolute Gasteiger partial charge is 0.372 e. The van der Waals surface area contributed by atoms with Gasteiger partial charge in [0.2, 0.25) is 0 Å². The Kier molecular flexibility index (Phi) is 5.19. The zero-order chi connectivity index (χ0) is 10.2. The Hall–Kier alpha value is -0.930. The summed E-state index contributed by atoms with van der Waals surface area (Å²) in [5.41, 5.74) is 6.70. The van der Waals surface area contributed by atoms with Crippen LogP contribution in [0.15, 0.2) is 24.5 Å². The van der Waals surface area contributed by atoms with Crippen molar-refractivity contribution in [3.8, 4) is 0 Å². The van der Waals surface area contributed by atoms with Crippen molar-refractivity contribution >= 4 is 0 Å². The summed E-state index contributed by atoms with van der Waals surface area (Å²) in [5, 5.41) is 0. The van der Waals surface area contributed by atoms with E-state index in [1.54, 1.807) is 6.20 Å².